The van der Waals surface area contributed by atoms with E-state index in [1.807, 2.05) is 0 Å². The molecule has 0 saturated heterocycles. The molecule has 6 nitrogen and oxygen atoms in total. The van der Waals surface area contributed by atoms with Crippen LogP contribution in [0.1, 0.15) is 10.5 Å². The van der Waals surface area contributed by atoms with E-state index in [-0.39, 0.29) is 22.4 Å². The Hall–Kier alpha value is -2.21. The van der Waals surface area contributed by atoms with Gasteiger partial charge in [-0.3, -0.25) is 9.78 Å². The second kappa shape index (κ2) is 4.75. The number of carbonyl (C=O) groups excluding carboxylic acids is 1. The summed E-state index contributed by atoms with van der Waals surface area (Å²) in [7, 11) is 0. The maximum Gasteiger partial charge on any atom is 0.279 e. The van der Waals surface area contributed by atoms with Crippen LogP contribution in [0.3, 0.4) is 0 Å². The van der Waals surface area contributed by atoms with Crippen molar-refractivity contribution in [1.29, 1.82) is 0 Å². The second-order valence-electron chi connectivity index (χ2n) is 3.05. The summed E-state index contributed by atoms with van der Waals surface area (Å²) >= 11 is 5.62. The maximum absolute atomic E-state index is 11.7. The predicted octanol–water partition coefficient (Wildman–Crippen LogP) is 1.48. The fraction of sp³-hybridized carbons (Fsp3) is 0. The highest BCUT2D eigenvalue weighted by Gasteiger charge is 2.12. The summed E-state index contributed by atoms with van der Waals surface area (Å²) in [6.07, 6.45) is 4.08. The van der Waals surface area contributed by atoms with E-state index in [1.54, 1.807) is 0 Å². The normalized spacial score (nSPS) is 9.94. The summed E-state index contributed by atoms with van der Waals surface area (Å²) in [6, 6.07) is 2.89. The molecular weight excluding hydrogens is 244 g/mol. The Bertz CT molecular complexity index is 562. The van der Waals surface area contributed by atoms with Gasteiger partial charge in [-0.1, -0.05) is 11.6 Å². The summed E-state index contributed by atoms with van der Waals surface area (Å²) in [5, 5.41) is 12.0. The average Bonchev–Trinajstić information content (AvgIpc) is 2.29. The van der Waals surface area contributed by atoms with Gasteiger partial charge in [-0.05, 0) is 12.1 Å². The molecule has 0 saturated carbocycles. The van der Waals surface area contributed by atoms with Crippen molar-refractivity contribution < 1.29 is 9.90 Å². The molecule has 2 aromatic rings. The van der Waals surface area contributed by atoms with Crippen molar-refractivity contribution in [3.05, 3.63) is 41.6 Å². The molecule has 17 heavy (non-hydrogen) atoms. The standard InChI is InChI=1S/C10H7ClN4O2/c11-7-4-12-5-8(14-7)15-10(17)9-6(16)2-1-3-13-9/h1-5,16H,(H,14,15,17). The molecule has 0 fully saturated rings. The molecule has 2 aromatic heterocycles. The number of rotatable bonds is 2. The van der Waals surface area contributed by atoms with Crippen molar-refractivity contribution in [2.24, 2.45) is 0 Å². The van der Waals surface area contributed by atoms with Crippen molar-refractivity contribution >= 4 is 23.3 Å². The third-order valence-electron chi connectivity index (χ3n) is 1.85. The molecular formula is C10H7ClN4O2. The Morgan fingerprint density at radius 1 is 1.41 bits per heavy atom. The van der Waals surface area contributed by atoms with Gasteiger partial charge in [0, 0.05) is 6.20 Å². The highest BCUT2D eigenvalue weighted by molar-refractivity contribution is 6.29. The first-order valence-electron chi connectivity index (χ1n) is 4.59. The number of aromatic nitrogens is 3. The van der Waals surface area contributed by atoms with Crippen LogP contribution in [0.25, 0.3) is 0 Å². The number of hydrogen-bond acceptors (Lipinski definition) is 5. The summed E-state index contributed by atoms with van der Waals surface area (Å²) < 4.78 is 0. The number of pyridine rings is 1. The van der Waals surface area contributed by atoms with Gasteiger partial charge in [0.2, 0.25) is 0 Å². The Morgan fingerprint density at radius 2 is 2.24 bits per heavy atom. The Labute approximate surface area is 101 Å². The van der Waals surface area contributed by atoms with E-state index in [4.69, 9.17) is 11.6 Å². The topological polar surface area (TPSA) is 88.0 Å². The van der Waals surface area contributed by atoms with Crippen LogP contribution in [-0.4, -0.2) is 26.0 Å². The minimum Gasteiger partial charge on any atom is -0.505 e. The predicted molar refractivity (Wildman–Crippen MR) is 60.9 cm³/mol. The summed E-state index contributed by atoms with van der Waals surface area (Å²) in [5.74, 6) is -0.604. The molecule has 0 aliphatic carbocycles. The van der Waals surface area contributed by atoms with Gasteiger partial charge in [0.15, 0.2) is 11.5 Å². The van der Waals surface area contributed by atoms with Crippen LogP contribution in [-0.2, 0) is 0 Å². The van der Waals surface area contributed by atoms with Crippen LogP contribution in [0.15, 0.2) is 30.7 Å². The quantitative estimate of drug-likeness (QED) is 0.843. The largest absolute Gasteiger partial charge is 0.505 e. The van der Waals surface area contributed by atoms with E-state index in [2.05, 4.69) is 20.3 Å². The first-order chi connectivity index (χ1) is 8.16. The van der Waals surface area contributed by atoms with E-state index in [1.165, 1.54) is 30.7 Å². The lowest BCUT2D eigenvalue weighted by atomic mass is 10.3. The fourth-order valence-corrected chi connectivity index (χ4v) is 1.30. The van der Waals surface area contributed by atoms with Crippen molar-refractivity contribution in [3.63, 3.8) is 0 Å². The maximum atomic E-state index is 11.7. The van der Waals surface area contributed by atoms with Gasteiger partial charge in [-0.25, -0.2) is 9.97 Å². The van der Waals surface area contributed by atoms with Crippen molar-refractivity contribution in [2.45, 2.75) is 0 Å². The van der Waals surface area contributed by atoms with E-state index in [0.29, 0.717) is 0 Å². The van der Waals surface area contributed by atoms with Gasteiger partial charge in [0.05, 0.1) is 12.4 Å². The van der Waals surface area contributed by atoms with E-state index in [9.17, 15) is 9.90 Å². The monoisotopic (exact) mass is 250 g/mol. The Morgan fingerprint density at radius 3 is 2.94 bits per heavy atom. The molecule has 0 aliphatic heterocycles. The van der Waals surface area contributed by atoms with Gasteiger partial charge < -0.3 is 10.4 Å². The minimum atomic E-state index is -0.584. The van der Waals surface area contributed by atoms with Gasteiger partial charge in [-0.2, -0.15) is 0 Å². The van der Waals surface area contributed by atoms with Crippen molar-refractivity contribution in [1.82, 2.24) is 15.0 Å². The summed E-state index contributed by atoms with van der Waals surface area (Å²) in [6.45, 7) is 0. The molecule has 2 rings (SSSR count). The number of hydrogen-bond donors (Lipinski definition) is 2. The molecule has 7 heteroatoms. The summed E-state index contributed by atoms with van der Waals surface area (Å²) in [5.41, 5.74) is -0.0886. The molecule has 0 atom stereocenters. The van der Waals surface area contributed by atoms with Gasteiger partial charge in [0.1, 0.15) is 10.9 Å². The van der Waals surface area contributed by atoms with Crippen LogP contribution >= 0.6 is 11.6 Å². The molecule has 0 bridgehead atoms. The molecule has 0 spiro atoms. The minimum absolute atomic E-state index is 0.0886. The van der Waals surface area contributed by atoms with Crippen molar-refractivity contribution in [2.75, 3.05) is 5.32 Å². The third kappa shape index (κ3) is 2.67. The lowest BCUT2D eigenvalue weighted by molar-refractivity contribution is 0.101. The van der Waals surface area contributed by atoms with E-state index >= 15 is 0 Å². The third-order valence-corrected chi connectivity index (χ3v) is 2.03. The zero-order valence-corrected chi connectivity index (χ0v) is 9.22. The van der Waals surface area contributed by atoms with Crippen molar-refractivity contribution in [3.8, 4) is 5.75 Å². The number of aromatic hydroxyl groups is 1. The molecule has 0 radical (unpaired) electrons. The molecule has 86 valence electrons. The zero-order chi connectivity index (χ0) is 12.3. The fourth-order valence-electron chi connectivity index (χ4n) is 1.15. The molecule has 0 aromatic carbocycles. The number of nitrogens with one attached hydrogen (secondary N) is 1. The molecule has 0 unspecified atom stereocenters. The van der Waals surface area contributed by atoms with Crippen LogP contribution in [0.4, 0.5) is 5.82 Å². The second-order valence-corrected chi connectivity index (χ2v) is 3.44. The highest BCUT2D eigenvalue weighted by atomic mass is 35.5. The Balaban J connectivity index is 2.20. The lowest BCUT2D eigenvalue weighted by Crippen LogP contribution is -2.14. The van der Waals surface area contributed by atoms with E-state index in [0.717, 1.165) is 0 Å². The van der Waals surface area contributed by atoms with Gasteiger partial charge >= 0.3 is 0 Å². The lowest BCUT2D eigenvalue weighted by Gasteiger charge is -2.04. The van der Waals surface area contributed by atoms with Gasteiger partial charge in [0.25, 0.3) is 5.91 Å². The molecule has 1 amide bonds. The average molecular weight is 251 g/mol. The highest BCUT2D eigenvalue weighted by Crippen LogP contribution is 2.14. The number of carbonyl (C=O) groups is 1. The SMILES string of the molecule is O=C(Nc1cncc(Cl)n1)c1ncccc1O. The first-order valence-corrected chi connectivity index (χ1v) is 4.97. The van der Waals surface area contributed by atoms with Crippen LogP contribution in [0.5, 0.6) is 5.75 Å². The summed E-state index contributed by atoms with van der Waals surface area (Å²) in [4.78, 5) is 23.0. The number of halogens is 1. The molecule has 0 aliphatic rings. The van der Waals surface area contributed by atoms with Gasteiger partial charge in [-0.15, -0.1) is 0 Å². The Kier molecular flexibility index (Phi) is 3.15. The molecule has 2 heterocycles. The smallest absolute Gasteiger partial charge is 0.279 e. The number of anilines is 1. The van der Waals surface area contributed by atoms with Crippen LogP contribution in [0.2, 0.25) is 5.15 Å². The van der Waals surface area contributed by atoms with Crippen LogP contribution in [0, 0.1) is 0 Å². The molecule has 2 N–H and O–H groups in total. The number of nitrogens with zero attached hydrogens (tertiary/aromatic N) is 3. The van der Waals surface area contributed by atoms with E-state index < -0.39 is 5.91 Å². The first kappa shape index (κ1) is 11.3. The van der Waals surface area contributed by atoms with Crippen LogP contribution < -0.4 is 5.32 Å². The zero-order valence-electron chi connectivity index (χ0n) is 8.46. The number of amides is 1.